The van der Waals surface area contributed by atoms with Crippen molar-refractivity contribution in [1.29, 1.82) is 0 Å². The number of fused-ring (bicyclic) bond motifs is 1. The van der Waals surface area contributed by atoms with Crippen molar-refractivity contribution < 1.29 is 4.79 Å². The van der Waals surface area contributed by atoms with E-state index in [4.69, 9.17) is 0 Å². The summed E-state index contributed by atoms with van der Waals surface area (Å²) in [5.41, 5.74) is 2.08. The van der Waals surface area contributed by atoms with Crippen LogP contribution in [0.2, 0.25) is 0 Å². The third-order valence-electron chi connectivity index (χ3n) is 4.46. The van der Waals surface area contributed by atoms with Crippen molar-refractivity contribution in [2.24, 2.45) is 5.92 Å². The predicted molar refractivity (Wildman–Crippen MR) is 90.7 cm³/mol. The number of aryl methyl sites for hydroxylation is 1. The van der Waals surface area contributed by atoms with Crippen LogP contribution in [-0.2, 0) is 11.3 Å². The van der Waals surface area contributed by atoms with Crippen molar-refractivity contribution in [2.45, 2.75) is 46.6 Å². The highest BCUT2D eigenvalue weighted by atomic mass is 16.2. The van der Waals surface area contributed by atoms with E-state index >= 15 is 0 Å². The van der Waals surface area contributed by atoms with Gasteiger partial charge in [0.25, 0.3) is 0 Å². The van der Waals surface area contributed by atoms with Crippen molar-refractivity contribution in [3.8, 4) is 0 Å². The van der Waals surface area contributed by atoms with Crippen LogP contribution in [0.5, 0.6) is 0 Å². The molecule has 0 saturated carbocycles. The number of rotatable bonds is 8. The van der Waals surface area contributed by atoms with Gasteiger partial charge in [0.2, 0.25) is 5.91 Å². The van der Waals surface area contributed by atoms with Gasteiger partial charge in [0.1, 0.15) is 0 Å². The van der Waals surface area contributed by atoms with Crippen LogP contribution in [0, 0.1) is 5.92 Å². The van der Waals surface area contributed by atoms with E-state index in [1.165, 1.54) is 0 Å². The molecule has 1 aromatic heterocycles. The molecular weight excluding hydrogens is 274 g/mol. The molecule has 0 aliphatic heterocycles. The van der Waals surface area contributed by atoms with Crippen LogP contribution in [0.1, 0.15) is 40.0 Å². The molecule has 0 spiro atoms. The number of benzene rings is 1. The summed E-state index contributed by atoms with van der Waals surface area (Å²) in [6.45, 7) is 8.83. The third kappa shape index (κ3) is 3.87. The number of para-hydroxylation sites is 2. The lowest BCUT2D eigenvalue weighted by atomic mass is 10.0. The van der Waals surface area contributed by atoms with Crippen molar-refractivity contribution >= 4 is 16.9 Å². The molecule has 0 aliphatic rings. The Morgan fingerprint density at radius 1 is 1.23 bits per heavy atom. The largest absolute Gasteiger partial charge is 0.343 e. The molecular formula is C18H27N3O. The zero-order chi connectivity index (χ0) is 15.9. The number of aromatic nitrogens is 2. The Morgan fingerprint density at radius 2 is 1.95 bits per heavy atom. The van der Waals surface area contributed by atoms with Crippen LogP contribution in [0.15, 0.2) is 30.6 Å². The van der Waals surface area contributed by atoms with Gasteiger partial charge in [-0.15, -0.1) is 0 Å². The topological polar surface area (TPSA) is 38.1 Å². The summed E-state index contributed by atoms with van der Waals surface area (Å²) in [6.07, 6.45) is 4.63. The van der Waals surface area contributed by atoms with Crippen LogP contribution in [-0.4, -0.2) is 33.4 Å². The van der Waals surface area contributed by atoms with E-state index in [0.29, 0.717) is 18.9 Å². The minimum Gasteiger partial charge on any atom is -0.343 e. The molecule has 2 rings (SSSR count). The summed E-state index contributed by atoms with van der Waals surface area (Å²) in [4.78, 5) is 18.8. The summed E-state index contributed by atoms with van der Waals surface area (Å²) in [6, 6.07) is 8.04. The molecule has 2 aromatic rings. The van der Waals surface area contributed by atoms with E-state index in [0.717, 1.165) is 37.0 Å². The lowest BCUT2D eigenvalue weighted by Gasteiger charge is -2.25. The van der Waals surface area contributed by atoms with Crippen molar-refractivity contribution in [3.05, 3.63) is 30.6 Å². The molecule has 0 unspecified atom stereocenters. The minimum absolute atomic E-state index is 0.243. The van der Waals surface area contributed by atoms with Gasteiger partial charge in [-0.1, -0.05) is 38.8 Å². The minimum atomic E-state index is 0.243. The Kier molecular flexibility index (Phi) is 5.99. The summed E-state index contributed by atoms with van der Waals surface area (Å²) in [5, 5.41) is 0. The number of carbonyl (C=O) groups is 1. The molecule has 0 fully saturated rings. The zero-order valence-corrected chi connectivity index (χ0v) is 14.0. The molecule has 1 amide bonds. The quantitative estimate of drug-likeness (QED) is 0.745. The average molecular weight is 301 g/mol. The third-order valence-corrected chi connectivity index (χ3v) is 4.46. The van der Waals surface area contributed by atoms with Gasteiger partial charge >= 0.3 is 0 Å². The Hall–Kier alpha value is -1.84. The van der Waals surface area contributed by atoms with E-state index in [1.54, 1.807) is 0 Å². The SMILES string of the molecule is CCC(CC)CN(CC)C(=O)CCn1cnc2ccccc21. The number of hydrogen-bond acceptors (Lipinski definition) is 2. The van der Waals surface area contributed by atoms with Crippen LogP contribution in [0.4, 0.5) is 0 Å². The number of nitrogens with zero attached hydrogens (tertiary/aromatic N) is 3. The molecule has 0 radical (unpaired) electrons. The smallest absolute Gasteiger partial charge is 0.224 e. The Labute approximate surface area is 133 Å². The first kappa shape index (κ1) is 16.5. The Balaban J connectivity index is 1.96. The van der Waals surface area contributed by atoms with Gasteiger partial charge in [-0.3, -0.25) is 4.79 Å². The summed E-state index contributed by atoms with van der Waals surface area (Å²) in [5.74, 6) is 0.852. The van der Waals surface area contributed by atoms with Gasteiger partial charge in [-0.25, -0.2) is 4.98 Å². The second-order valence-corrected chi connectivity index (χ2v) is 5.79. The summed E-state index contributed by atoms with van der Waals surface area (Å²) in [7, 11) is 0. The highest BCUT2D eigenvalue weighted by molar-refractivity contribution is 5.77. The van der Waals surface area contributed by atoms with E-state index in [9.17, 15) is 4.79 Å². The van der Waals surface area contributed by atoms with Crippen LogP contribution >= 0.6 is 0 Å². The maximum absolute atomic E-state index is 12.5. The normalized spacial score (nSPS) is 11.3. The first-order valence-electron chi connectivity index (χ1n) is 8.37. The van der Waals surface area contributed by atoms with E-state index in [2.05, 4.69) is 36.4 Å². The summed E-state index contributed by atoms with van der Waals surface area (Å²) < 4.78 is 2.07. The molecule has 1 heterocycles. The maximum Gasteiger partial charge on any atom is 0.224 e. The molecule has 22 heavy (non-hydrogen) atoms. The van der Waals surface area contributed by atoms with Crippen LogP contribution in [0.3, 0.4) is 0 Å². The predicted octanol–water partition coefficient (Wildman–Crippen LogP) is 3.71. The fourth-order valence-corrected chi connectivity index (χ4v) is 2.83. The molecule has 0 aliphatic carbocycles. The fraction of sp³-hybridized carbons (Fsp3) is 0.556. The molecule has 4 heteroatoms. The standard InChI is InChI=1S/C18H27N3O/c1-4-15(5-2)13-20(6-3)18(22)11-12-21-14-19-16-9-7-8-10-17(16)21/h7-10,14-15H,4-6,11-13H2,1-3H3. The highest BCUT2D eigenvalue weighted by Gasteiger charge is 2.16. The lowest BCUT2D eigenvalue weighted by Crippen LogP contribution is -2.35. The van der Waals surface area contributed by atoms with E-state index < -0.39 is 0 Å². The fourth-order valence-electron chi connectivity index (χ4n) is 2.83. The monoisotopic (exact) mass is 301 g/mol. The second kappa shape index (κ2) is 7.97. The van der Waals surface area contributed by atoms with Gasteiger partial charge in [0.15, 0.2) is 0 Å². The number of hydrogen-bond donors (Lipinski definition) is 0. The molecule has 4 nitrogen and oxygen atoms in total. The average Bonchev–Trinajstić information content (AvgIpc) is 2.97. The molecule has 1 aromatic carbocycles. The van der Waals surface area contributed by atoms with Crippen LogP contribution in [0.25, 0.3) is 11.0 Å². The zero-order valence-electron chi connectivity index (χ0n) is 14.0. The highest BCUT2D eigenvalue weighted by Crippen LogP contribution is 2.14. The second-order valence-electron chi connectivity index (χ2n) is 5.79. The Morgan fingerprint density at radius 3 is 2.64 bits per heavy atom. The van der Waals surface area contributed by atoms with E-state index in [-0.39, 0.29) is 5.91 Å². The number of imidazole rings is 1. The molecule has 120 valence electrons. The first-order valence-corrected chi connectivity index (χ1v) is 8.37. The van der Waals surface area contributed by atoms with E-state index in [1.807, 2.05) is 29.4 Å². The molecule has 0 atom stereocenters. The van der Waals surface area contributed by atoms with Gasteiger partial charge in [-0.2, -0.15) is 0 Å². The summed E-state index contributed by atoms with van der Waals surface area (Å²) >= 11 is 0. The molecule has 0 N–H and O–H groups in total. The number of amides is 1. The van der Waals surface area contributed by atoms with Gasteiger partial charge in [0.05, 0.1) is 17.4 Å². The van der Waals surface area contributed by atoms with Gasteiger partial charge in [0, 0.05) is 26.1 Å². The lowest BCUT2D eigenvalue weighted by molar-refractivity contribution is -0.131. The molecule has 0 bridgehead atoms. The number of carbonyl (C=O) groups excluding carboxylic acids is 1. The van der Waals surface area contributed by atoms with Crippen molar-refractivity contribution in [2.75, 3.05) is 13.1 Å². The molecule has 0 saturated heterocycles. The van der Waals surface area contributed by atoms with Gasteiger partial charge in [-0.05, 0) is 25.0 Å². The van der Waals surface area contributed by atoms with Crippen LogP contribution < -0.4 is 0 Å². The Bertz CT molecular complexity index is 601. The first-order chi connectivity index (χ1) is 10.7. The van der Waals surface area contributed by atoms with Crippen molar-refractivity contribution in [3.63, 3.8) is 0 Å². The van der Waals surface area contributed by atoms with Gasteiger partial charge < -0.3 is 9.47 Å². The maximum atomic E-state index is 12.5. The van der Waals surface area contributed by atoms with Crippen molar-refractivity contribution in [1.82, 2.24) is 14.5 Å².